The summed E-state index contributed by atoms with van der Waals surface area (Å²) >= 11 is 0.0640. The van der Waals surface area contributed by atoms with E-state index in [1.165, 1.54) is 7.11 Å². The number of carbonyl (C=O) groups excluding carboxylic acids is 1. The third-order valence-electron chi connectivity index (χ3n) is 1.44. The fourth-order valence-electron chi connectivity index (χ4n) is 0.876. The smallest absolute Gasteiger partial charge is 0.340 e. The van der Waals surface area contributed by atoms with Crippen molar-refractivity contribution >= 4 is 23.1 Å². The topological polar surface area (TPSA) is 55.7 Å². The molecule has 0 amide bonds. The average molecular weight is 197 g/mol. The number of methoxy groups -OCH3 is 1. The van der Waals surface area contributed by atoms with Gasteiger partial charge in [-0.3, -0.25) is 0 Å². The molecule has 0 N–H and O–H groups in total. The van der Waals surface area contributed by atoms with Crippen LogP contribution in [0.25, 0.3) is 0 Å². The molecule has 5 heteroatoms. The quantitative estimate of drug-likeness (QED) is 0.675. The predicted molar refractivity (Wildman–Crippen MR) is 48.0 cm³/mol. The monoisotopic (exact) mass is 197 g/mol. The standard InChI is InChI=1S/C8H7NO3S/c1-12-8(10)6-4-2-3-5-7(6)9-13-11/h2-5H,1H3. The van der Waals surface area contributed by atoms with E-state index in [-0.39, 0.29) is 11.5 Å². The maximum atomic E-state index is 11.1. The Morgan fingerprint density at radius 1 is 1.46 bits per heavy atom. The summed E-state index contributed by atoms with van der Waals surface area (Å²) in [5.41, 5.74) is 0.641. The Morgan fingerprint density at radius 3 is 2.77 bits per heavy atom. The second-order valence-corrected chi connectivity index (χ2v) is 2.51. The fourth-order valence-corrected chi connectivity index (χ4v) is 1.12. The van der Waals surface area contributed by atoms with Crippen LogP contribution < -0.4 is 0 Å². The molecule has 1 aromatic rings. The van der Waals surface area contributed by atoms with Gasteiger partial charge in [-0.1, -0.05) is 12.1 Å². The van der Waals surface area contributed by atoms with E-state index in [4.69, 9.17) is 0 Å². The molecule has 4 nitrogen and oxygen atoms in total. The number of rotatable bonds is 2. The van der Waals surface area contributed by atoms with Gasteiger partial charge in [-0.15, -0.1) is 0 Å². The van der Waals surface area contributed by atoms with Crippen molar-refractivity contribution in [3.8, 4) is 0 Å². The Morgan fingerprint density at radius 2 is 2.15 bits per heavy atom. The van der Waals surface area contributed by atoms with Crippen molar-refractivity contribution in [3.63, 3.8) is 0 Å². The minimum absolute atomic E-state index is 0.0640. The van der Waals surface area contributed by atoms with Crippen LogP contribution >= 0.6 is 0 Å². The number of esters is 1. The van der Waals surface area contributed by atoms with Crippen LogP contribution in [0.4, 0.5) is 5.69 Å². The van der Waals surface area contributed by atoms with Gasteiger partial charge in [0.1, 0.15) is 0 Å². The van der Waals surface area contributed by atoms with Gasteiger partial charge in [-0.2, -0.15) is 8.57 Å². The Balaban J connectivity index is 3.18. The van der Waals surface area contributed by atoms with Crippen LogP contribution in [0.1, 0.15) is 10.4 Å². The molecular weight excluding hydrogens is 190 g/mol. The molecule has 0 atom stereocenters. The zero-order valence-electron chi connectivity index (χ0n) is 6.89. The van der Waals surface area contributed by atoms with Crippen molar-refractivity contribution in [2.45, 2.75) is 0 Å². The van der Waals surface area contributed by atoms with E-state index >= 15 is 0 Å². The first kappa shape index (κ1) is 9.60. The van der Waals surface area contributed by atoms with Crippen molar-refractivity contribution in [1.29, 1.82) is 0 Å². The molecule has 0 aliphatic carbocycles. The molecule has 0 saturated carbocycles. The summed E-state index contributed by atoms with van der Waals surface area (Å²) in [6.07, 6.45) is 0. The molecule has 0 aliphatic rings. The molecule has 0 spiro atoms. The maximum Gasteiger partial charge on any atom is 0.340 e. The molecule has 0 bridgehead atoms. The van der Waals surface area contributed by atoms with Gasteiger partial charge < -0.3 is 4.74 Å². The van der Waals surface area contributed by atoms with Gasteiger partial charge in [0.15, 0.2) is 0 Å². The molecule has 1 aromatic carbocycles. The lowest BCUT2D eigenvalue weighted by Gasteiger charge is -2.00. The van der Waals surface area contributed by atoms with Crippen LogP contribution in [0.5, 0.6) is 0 Å². The normalized spacial score (nSPS) is 9.00. The van der Waals surface area contributed by atoms with Crippen molar-refractivity contribution in [2.24, 2.45) is 4.36 Å². The van der Waals surface area contributed by atoms with E-state index in [1.807, 2.05) is 0 Å². The first-order valence-corrected chi connectivity index (χ1v) is 4.17. The van der Waals surface area contributed by atoms with Gasteiger partial charge in [0.05, 0.1) is 18.4 Å². The highest BCUT2D eigenvalue weighted by Gasteiger charge is 2.09. The van der Waals surface area contributed by atoms with Gasteiger partial charge in [-0.05, 0) is 12.1 Å². The second kappa shape index (κ2) is 4.51. The van der Waals surface area contributed by atoms with Gasteiger partial charge >= 0.3 is 5.97 Å². The van der Waals surface area contributed by atoms with Crippen LogP contribution in [-0.2, 0) is 16.2 Å². The molecule has 0 fully saturated rings. The second-order valence-electron chi connectivity index (χ2n) is 2.17. The van der Waals surface area contributed by atoms with Gasteiger partial charge in [0.25, 0.3) is 0 Å². The summed E-state index contributed by atoms with van der Waals surface area (Å²) in [5, 5.41) is 0. The molecule has 13 heavy (non-hydrogen) atoms. The highest BCUT2D eigenvalue weighted by molar-refractivity contribution is 7.54. The molecule has 0 aliphatic heterocycles. The summed E-state index contributed by atoms with van der Waals surface area (Å²) in [4.78, 5) is 11.1. The molecule has 0 heterocycles. The predicted octanol–water partition coefficient (Wildman–Crippen LogP) is 1.50. The summed E-state index contributed by atoms with van der Waals surface area (Å²) in [6.45, 7) is 0. The van der Waals surface area contributed by atoms with Crippen molar-refractivity contribution in [3.05, 3.63) is 29.8 Å². The van der Waals surface area contributed by atoms with E-state index in [0.717, 1.165) is 0 Å². The summed E-state index contributed by atoms with van der Waals surface area (Å²) in [7, 11) is 1.28. The maximum absolute atomic E-state index is 11.1. The first-order chi connectivity index (χ1) is 6.29. The average Bonchev–Trinajstić information content (AvgIpc) is 2.18. The van der Waals surface area contributed by atoms with E-state index in [2.05, 4.69) is 9.10 Å². The molecule has 0 aromatic heterocycles. The molecule has 0 saturated heterocycles. The number of hydrogen-bond donors (Lipinski definition) is 0. The number of nitrogens with zero attached hydrogens (tertiary/aromatic N) is 1. The zero-order valence-corrected chi connectivity index (χ0v) is 7.71. The van der Waals surface area contributed by atoms with Gasteiger partial charge in [0.2, 0.25) is 11.5 Å². The van der Waals surface area contributed by atoms with Gasteiger partial charge in [-0.25, -0.2) is 4.79 Å². The molecule has 1 rings (SSSR count). The first-order valence-electron chi connectivity index (χ1n) is 3.47. The van der Waals surface area contributed by atoms with E-state index in [1.54, 1.807) is 24.3 Å². The largest absolute Gasteiger partial charge is 0.465 e. The van der Waals surface area contributed by atoms with Crippen molar-refractivity contribution < 1.29 is 13.7 Å². The summed E-state index contributed by atoms with van der Waals surface area (Å²) in [5.74, 6) is -0.492. The van der Waals surface area contributed by atoms with Crippen molar-refractivity contribution in [1.82, 2.24) is 0 Å². The highest BCUT2D eigenvalue weighted by atomic mass is 32.1. The van der Waals surface area contributed by atoms with E-state index in [9.17, 15) is 9.00 Å². The van der Waals surface area contributed by atoms with E-state index in [0.29, 0.717) is 11.3 Å². The molecule has 0 unspecified atom stereocenters. The van der Waals surface area contributed by atoms with Crippen molar-refractivity contribution in [2.75, 3.05) is 7.11 Å². The number of hydrogen-bond acceptors (Lipinski definition) is 4. The highest BCUT2D eigenvalue weighted by Crippen LogP contribution is 2.18. The minimum atomic E-state index is -0.492. The number of benzene rings is 1. The Bertz CT molecular complexity index is 371. The number of carbonyl (C=O) groups is 1. The van der Waals surface area contributed by atoms with Crippen LogP contribution in [0.2, 0.25) is 0 Å². The lowest BCUT2D eigenvalue weighted by atomic mass is 10.2. The summed E-state index contributed by atoms with van der Waals surface area (Å²) < 4.78 is 18.2. The van der Waals surface area contributed by atoms with Crippen LogP contribution in [0.15, 0.2) is 28.6 Å². The molecular formula is C8H7NO3S. The van der Waals surface area contributed by atoms with Crippen LogP contribution in [-0.4, -0.2) is 17.3 Å². The Labute approximate surface area is 78.8 Å². The van der Waals surface area contributed by atoms with Gasteiger partial charge in [0, 0.05) is 0 Å². The van der Waals surface area contributed by atoms with Crippen LogP contribution in [0.3, 0.4) is 0 Å². The molecule has 0 radical (unpaired) electrons. The van der Waals surface area contributed by atoms with E-state index < -0.39 is 5.97 Å². The van der Waals surface area contributed by atoms with Crippen LogP contribution in [0, 0.1) is 0 Å². The molecule has 68 valence electrons. The minimum Gasteiger partial charge on any atom is -0.465 e. The Hall–Kier alpha value is -1.49. The Kier molecular flexibility index (Phi) is 3.33. The SMILES string of the molecule is COC(=O)c1ccccc1N=S=O. The third-order valence-corrected chi connectivity index (χ3v) is 1.72. The fraction of sp³-hybridized carbons (Fsp3) is 0.125. The lowest BCUT2D eigenvalue weighted by molar-refractivity contribution is 0.0602. The summed E-state index contributed by atoms with van der Waals surface area (Å²) in [6, 6.07) is 6.51. The third kappa shape index (κ3) is 2.22. The lowest BCUT2D eigenvalue weighted by Crippen LogP contribution is -2.00. The number of ether oxygens (including phenoxy) is 1. The zero-order chi connectivity index (χ0) is 9.68.